The van der Waals surface area contributed by atoms with Gasteiger partial charge in [-0.25, -0.2) is 14.4 Å². The first-order chi connectivity index (χ1) is 10.2. The monoisotopic (exact) mass is 301 g/mol. The summed E-state index contributed by atoms with van der Waals surface area (Å²) in [5.74, 6) is 1.11. The van der Waals surface area contributed by atoms with E-state index >= 15 is 0 Å². The van der Waals surface area contributed by atoms with Gasteiger partial charge in [-0.15, -0.1) is 0 Å². The van der Waals surface area contributed by atoms with Crippen molar-refractivity contribution in [2.75, 3.05) is 11.9 Å². The molecule has 0 radical (unpaired) electrons. The summed E-state index contributed by atoms with van der Waals surface area (Å²) in [5.41, 5.74) is 2.94. The highest BCUT2D eigenvalue weighted by atomic mass is 32.1. The molecule has 1 N–H and O–H groups in total. The van der Waals surface area contributed by atoms with Crippen LogP contribution in [0, 0.1) is 12.7 Å². The zero-order valence-corrected chi connectivity index (χ0v) is 12.8. The number of anilines is 1. The van der Waals surface area contributed by atoms with Crippen molar-refractivity contribution in [1.82, 2.24) is 9.97 Å². The lowest BCUT2D eigenvalue weighted by Crippen LogP contribution is -2.05. The van der Waals surface area contributed by atoms with Crippen LogP contribution >= 0.6 is 11.3 Å². The number of aryl methyl sites for hydroxylation is 1. The van der Waals surface area contributed by atoms with Gasteiger partial charge in [-0.3, -0.25) is 0 Å². The zero-order chi connectivity index (χ0) is 14.8. The van der Waals surface area contributed by atoms with Crippen LogP contribution in [0.25, 0.3) is 22.3 Å². The zero-order valence-electron chi connectivity index (χ0n) is 12.0. The maximum Gasteiger partial charge on any atom is 0.163 e. The minimum Gasteiger partial charge on any atom is -0.369 e. The second kappa shape index (κ2) is 5.77. The molecule has 3 aromatic rings. The van der Waals surface area contributed by atoms with E-state index in [1.807, 2.05) is 12.3 Å². The van der Waals surface area contributed by atoms with E-state index in [4.69, 9.17) is 0 Å². The summed E-state index contributed by atoms with van der Waals surface area (Å²) >= 11 is 1.63. The summed E-state index contributed by atoms with van der Waals surface area (Å²) in [6.07, 6.45) is 0.980. The maximum atomic E-state index is 13.5. The number of rotatable bonds is 4. The average molecular weight is 301 g/mol. The Kier molecular flexibility index (Phi) is 3.84. The molecule has 0 bridgehead atoms. The lowest BCUT2D eigenvalue weighted by atomic mass is 10.1. The van der Waals surface area contributed by atoms with Gasteiger partial charge in [0.05, 0.1) is 5.52 Å². The Labute approximate surface area is 126 Å². The minimum absolute atomic E-state index is 0.273. The van der Waals surface area contributed by atoms with E-state index in [2.05, 4.69) is 27.6 Å². The second-order valence-electron chi connectivity index (χ2n) is 4.95. The number of halogens is 1. The van der Waals surface area contributed by atoms with Crippen LogP contribution in [-0.2, 0) is 0 Å². The normalized spacial score (nSPS) is 11.0. The van der Waals surface area contributed by atoms with Crippen LogP contribution in [0.4, 0.5) is 10.2 Å². The molecule has 0 aliphatic heterocycles. The van der Waals surface area contributed by atoms with Gasteiger partial charge in [-0.1, -0.05) is 6.92 Å². The van der Waals surface area contributed by atoms with E-state index < -0.39 is 0 Å². The molecule has 0 atom stereocenters. The maximum absolute atomic E-state index is 13.5. The predicted octanol–water partition coefficient (Wildman–Crippen LogP) is 4.63. The largest absolute Gasteiger partial charge is 0.369 e. The van der Waals surface area contributed by atoms with Gasteiger partial charge in [0.25, 0.3) is 0 Å². The van der Waals surface area contributed by atoms with Crippen molar-refractivity contribution in [1.29, 1.82) is 0 Å². The van der Waals surface area contributed by atoms with Crippen LogP contribution in [0.15, 0.2) is 29.0 Å². The van der Waals surface area contributed by atoms with Gasteiger partial charge >= 0.3 is 0 Å². The van der Waals surface area contributed by atoms with E-state index in [0.29, 0.717) is 11.6 Å². The van der Waals surface area contributed by atoms with Gasteiger partial charge in [0.1, 0.15) is 11.6 Å². The van der Waals surface area contributed by atoms with Crippen LogP contribution in [0.2, 0.25) is 0 Å². The highest BCUT2D eigenvalue weighted by Crippen LogP contribution is 2.29. The Morgan fingerprint density at radius 1 is 1.24 bits per heavy atom. The number of benzene rings is 1. The molecule has 0 aliphatic carbocycles. The smallest absolute Gasteiger partial charge is 0.163 e. The molecule has 2 heterocycles. The van der Waals surface area contributed by atoms with Crippen molar-refractivity contribution in [2.45, 2.75) is 20.3 Å². The molecule has 5 heteroatoms. The molecule has 0 saturated heterocycles. The number of fused-ring (bicyclic) bond motifs is 1. The van der Waals surface area contributed by atoms with Gasteiger partial charge in [0, 0.05) is 22.9 Å². The summed E-state index contributed by atoms with van der Waals surface area (Å²) in [5, 5.41) is 8.12. The van der Waals surface area contributed by atoms with Crippen molar-refractivity contribution in [3.63, 3.8) is 0 Å². The Balaban J connectivity index is 2.19. The molecule has 3 nitrogen and oxygen atoms in total. The molecule has 3 rings (SSSR count). The highest BCUT2D eigenvalue weighted by molar-refractivity contribution is 7.08. The molecule has 108 valence electrons. The third-order valence-corrected chi connectivity index (χ3v) is 4.16. The molecular weight excluding hydrogens is 285 g/mol. The number of nitrogens with one attached hydrogen (secondary N) is 1. The highest BCUT2D eigenvalue weighted by Gasteiger charge is 2.12. The second-order valence-corrected chi connectivity index (χ2v) is 5.70. The fourth-order valence-corrected chi connectivity index (χ4v) is 3.02. The number of hydrogen-bond donors (Lipinski definition) is 1. The van der Waals surface area contributed by atoms with Gasteiger partial charge in [-0.2, -0.15) is 11.3 Å². The van der Waals surface area contributed by atoms with Crippen molar-refractivity contribution in [3.05, 3.63) is 40.3 Å². The lowest BCUT2D eigenvalue weighted by Gasteiger charge is -2.10. The van der Waals surface area contributed by atoms with E-state index in [1.165, 1.54) is 12.1 Å². The van der Waals surface area contributed by atoms with Gasteiger partial charge in [0.15, 0.2) is 5.82 Å². The topological polar surface area (TPSA) is 37.8 Å². The molecule has 0 unspecified atom stereocenters. The summed E-state index contributed by atoms with van der Waals surface area (Å²) in [6.45, 7) is 4.93. The van der Waals surface area contributed by atoms with Crippen LogP contribution in [-0.4, -0.2) is 16.5 Å². The third-order valence-electron chi connectivity index (χ3n) is 3.30. The molecule has 1 aromatic carbocycles. The fourth-order valence-electron chi connectivity index (χ4n) is 2.19. The van der Waals surface area contributed by atoms with Crippen molar-refractivity contribution in [2.24, 2.45) is 0 Å². The minimum atomic E-state index is -0.273. The number of thiophene rings is 1. The molecule has 0 saturated carbocycles. The summed E-state index contributed by atoms with van der Waals surface area (Å²) in [6, 6.07) is 4.62. The van der Waals surface area contributed by atoms with Crippen molar-refractivity contribution in [3.8, 4) is 11.4 Å². The molecular formula is C16H16FN3S. The number of aromatic nitrogens is 2. The molecule has 0 spiro atoms. The summed E-state index contributed by atoms with van der Waals surface area (Å²) in [7, 11) is 0. The Morgan fingerprint density at radius 3 is 2.81 bits per heavy atom. The number of hydrogen-bond acceptors (Lipinski definition) is 4. The molecule has 21 heavy (non-hydrogen) atoms. The Bertz CT molecular complexity index is 782. The van der Waals surface area contributed by atoms with Gasteiger partial charge in [-0.05, 0) is 42.5 Å². The molecule has 0 aliphatic rings. The van der Waals surface area contributed by atoms with E-state index in [0.717, 1.165) is 35.0 Å². The quantitative estimate of drug-likeness (QED) is 0.763. The number of nitrogens with zero attached hydrogens (tertiary/aromatic N) is 2. The van der Waals surface area contributed by atoms with E-state index in [-0.39, 0.29) is 5.82 Å². The van der Waals surface area contributed by atoms with Crippen LogP contribution in [0.1, 0.15) is 18.9 Å². The Hall–Kier alpha value is -2.01. The molecule has 0 amide bonds. The predicted molar refractivity (Wildman–Crippen MR) is 86.3 cm³/mol. The van der Waals surface area contributed by atoms with E-state index in [9.17, 15) is 4.39 Å². The first-order valence-electron chi connectivity index (χ1n) is 6.93. The van der Waals surface area contributed by atoms with Gasteiger partial charge in [0.2, 0.25) is 0 Å². The first-order valence-corrected chi connectivity index (χ1v) is 7.87. The SMILES string of the molecule is CCCNc1nc(-c2cscc2C)nc2ccc(F)cc12. The van der Waals surface area contributed by atoms with Crippen molar-refractivity contribution < 1.29 is 4.39 Å². The van der Waals surface area contributed by atoms with Crippen LogP contribution < -0.4 is 5.32 Å². The van der Waals surface area contributed by atoms with Gasteiger partial charge < -0.3 is 5.32 Å². The first kappa shape index (κ1) is 13.9. The summed E-state index contributed by atoms with van der Waals surface area (Å²) in [4.78, 5) is 9.18. The van der Waals surface area contributed by atoms with Crippen LogP contribution in [0.5, 0.6) is 0 Å². The Morgan fingerprint density at radius 2 is 2.10 bits per heavy atom. The lowest BCUT2D eigenvalue weighted by molar-refractivity contribution is 0.629. The molecule has 2 aromatic heterocycles. The van der Waals surface area contributed by atoms with Crippen LogP contribution in [0.3, 0.4) is 0 Å². The summed E-state index contributed by atoms with van der Waals surface area (Å²) < 4.78 is 13.5. The van der Waals surface area contributed by atoms with E-state index in [1.54, 1.807) is 17.4 Å². The standard InChI is InChI=1S/C16H16FN3S/c1-3-6-18-15-12-7-11(17)4-5-14(12)19-16(20-15)13-9-21-8-10(13)2/h4-5,7-9H,3,6H2,1-2H3,(H,18,19,20). The van der Waals surface area contributed by atoms with Crippen molar-refractivity contribution >= 4 is 28.1 Å². The average Bonchev–Trinajstić information content (AvgIpc) is 2.91. The molecule has 0 fully saturated rings. The third kappa shape index (κ3) is 2.74. The fraction of sp³-hybridized carbons (Fsp3) is 0.250.